The highest BCUT2D eigenvalue weighted by atomic mass is 79.9. The van der Waals surface area contributed by atoms with Crippen molar-refractivity contribution in [3.8, 4) is 0 Å². The quantitative estimate of drug-likeness (QED) is 0.685. The highest BCUT2D eigenvalue weighted by Crippen LogP contribution is 2.25. The summed E-state index contributed by atoms with van der Waals surface area (Å²) in [6.07, 6.45) is -2.03. The number of aryl methyl sites for hydroxylation is 1. The Bertz CT molecular complexity index is 403. The summed E-state index contributed by atoms with van der Waals surface area (Å²) < 4.78 is 21.3. The van der Waals surface area contributed by atoms with Crippen LogP contribution in [0.25, 0.3) is 0 Å². The molecule has 0 bridgehead atoms. The lowest BCUT2D eigenvalue weighted by molar-refractivity contribution is 0.0856. The second-order valence-electron chi connectivity index (χ2n) is 3.04. The maximum absolute atomic E-state index is 13.4. The van der Waals surface area contributed by atoms with Crippen molar-refractivity contribution in [3.63, 3.8) is 0 Å². The zero-order chi connectivity index (χ0) is 10.3. The fraction of sp³-hybridized carbons (Fsp3) is 0.300. The van der Waals surface area contributed by atoms with E-state index < -0.39 is 11.9 Å². The summed E-state index contributed by atoms with van der Waals surface area (Å²) in [7, 11) is 0. The first-order valence-electron chi connectivity index (χ1n) is 4.53. The second-order valence-corrected chi connectivity index (χ2v) is 3.95. The van der Waals surface area contributed by atoms with Gasteiger partial charge in [-0.25, -0.2) is 4.39 Å². The molecule has 0 saturated heterocycles. The van der Waals surface area contributed by atoms with Crippen molar-refractivity contribution in [3.05, 3.63) is 33.8 Å². The van der Waals surface area contributed by atoms with Crippen LogP contribution in [0.2, 0.25) is 0 Å². The Labute approximate surface area is 85.5 Å². The number of Topliss-reactive ketones (excluding diaryl/α,β-unsaturated/α-hetero) is 1. The van der Waals surface area contributed by atoms with Crippen molar-refractivity contribution in [1.82, 2.24) is 0 Å². The van der Waals surface area contributed by atoms with Crippen LogP contribution >= 0.6 is 15.9 Å². The summed E-state index contributed by atoms with van der Waals surface area (Å²) in [5, 5.41) is 0. The van der Waals surface area contributed by atoms with E-state index in [2.05, 4.69) is 15.9 Å². The number of hydrogen-bond acceptors (Lipinski definition) is 1. The van der Waals surface area contributed by atoms with Crippen LogP contribution in [0.1, 0.15) is 23.7 Å². The van der Waals surface area contributed by atoms with Gasteiger partial charge in [0.05, 0.1) is 1.37 Å². The minimum Gasteiger partial charge on any atom is -0.291 e. The Kier molecular flexibility index (Phi) is 1.90. The van der Waals surface area contributed by atoms with Gasteiger partial charge >= 0.3 is 0 Å². The van der Waals surface area contributed by atoms with Gasteiger partial charge in [0, 0.05) is 10.0 Å². The number of ketones is 1. The van der Waals surface area contributed by atoms with Gasteiger partial charge in [0.15, 0.2) is 11.9 Å². The normalized spacial score (nSPS) is 28.2. The molecule has 0 heterocycles. The van der Waals surface area contributed by atoms with E-state index in [1.54, 1.807) is 12.1 Å². The number of fused-ring (bicyclic) bond motifs is 1. The molecule has 3 heteroatoms. The second kappa shape index (κ2) is 3.22. The smallest absolute Gasteiger partial charge is 0.197 e. The van der Waals surface area contributed by atoms with Gasteiger partial charge in [0.2, 0.25) is 0 Å². The molecule has 13 heavy (non-hydrogen) atoms. The van der Waals surface area contributed by atoms with Crippen molar-refractivity contribution < 1.29 is 10.6 Å². The molecule has 0 radical (unpaired) electrons. The van der Waals surface area contributed by atoms with Crippen molar-refractivity contribution >= 4 is 21.7 Å². The van der Waals surface area contributed by atoms with Crippen LogP contribution in [0.5, 0.6) is 0 Å². The van der Waals surface area contributed by atoms with Crippen molar-refractivity contribution in [1.29, 1.82) is 0 Å². The fourth-order valence-electron chi connectivity index (χ4n) is 1.48. The summed E-state index contributed by atoms with van der Waals surface area (Å²) in [5.41, 5.74) is 1.17. The molecule has 0 aromatic heterocycles. The Hall–Kier alpha value is -0.700. The zero-order valence-corrected chi connectivity index (χ0v) is 8.40. The van der Waals surface area contributed by atoms with E-state index in [9.17, 15) is 9.18 Å². The van der Waals surface area contributed by atoms with Crippen LogP contribution in [0.15, 0.2) is 22.7 Å². The highest BCUT2D eigenvalue weighted by molar-refractivity contribution is 9.10. The largest absolute Gasteiger partial charge is 0.291 e. The van der Waals surface area contributed by atoms with E-state index in [4.69, 9.17) is 1.37 Å². The number of halogens is 2. The molecular weight excluding hydrogens is 235 g/mol. The summed E-state index contributed by atoms with van der Waals surface area (Å²) in [6.45, 7) is 0. The summed E-state index contributed by atoms with van der Waals surface area (Å²) >= 11 is 3.22. The SMILES string of the molecule is [2H]C1(F)CCc2ccc(Br)cc2C1=O. The number of rotatable bonds is 0. The molecule has 1 aliphatic carbocycles. The van der Waals surface area contributed by atoms with E-state index >= 15 is 0 Å². The first-order valence-corrected chi connectivity index (χ1v) is 4.82. The van der Waals surface area contributed by atoms with Gasteiger partial charge in [0.1, 0.15) is 0 Å². The van der Waals surface area contributed by atoms with Gasteiger partial charge in [-0.1, -0.05) is 22.0 Å². The first kappa shape index (κ1) is 7.68. The monoisotopic (exact) mass is 243 g/mol. The van der Waals surface area contributed by atoms with E-state index in [-0.39, 0.29) is 6.42 Å². The van der Waals surface area contributed by atoms with E-state index in [0.717, 1.165) is 10.0 Å². The molecule has 0 aliphatic heterocycles. The maximum Gasteiger partial charge on any atom is 0.197 e. The van der Waals surface area contributed by atoms with Gasteiger partial charge < -0.3 is 0 Å². The lowest BCUT2D eigenvalue weighted by atomic mass is 9.90. The van der Waals surface area contributed by atoms with Crippen LogP contribution in [0.4, 0.5) is 4.39 Å². The minimum atomic E-state index is -2.44. The Balaban J connectivity index is 2.54. The van der Waals surface area contributed by atoms with Crippen LogP contribution in [0, 0.1) is 0 Å². The number of benzene rings is 1. The first-order chi connectivity index (χ1) is 6.50. The maximum atomic E-state index is 13.4. The molecule has 68 valence electrons. The molecule has 1 atom stereocenters. The predicted octanol–water partition coefficient (Wildman–Crippen LogP) is 2.92. The molecule has 1 aliphatic rings. The lowest BCUT2D eigenvalue weighted by Crippen LogP contribution is -2.23. The number of hydrogen-bond donors (Lipinski definition) is 0. The zero-order valence-electron chi connectivity index (χ0n) is 7.81. The Morgan fingerprint density at radius 2 is 2.38 bits per heavy atom. The molecule has 1 aromatic rings. The van der Waals surface area contributed by atoms with E-state index in [1.807, 2.05) is 6.07 Å². The Morgan fingerprint density at radius 3 is 3.15 bits per heavy atom. The molecule has 1 aromatic carbocycles. The highest BCUT2D eigenvalue weighted by Gasteiger charge is 2.26. The van der Waals surface area contributed by atoms with Crippen LogP contribution in [-0.4, -0.2) is 11.9 Å². The lowest BCUT2D eigenvalue weighted by Gasteiger charge is -2.17. The molecular formula is C10H8BrFO. The third-order valence-corrected chi connectivity index (χ3v) is 2.67. The van der Waals surface area contributed by atoms with Gasteiger partial charge in [-0.2, -0.15) is 0 Å². The van der Waals surface area contributed by atoms with E-state index in [0.29, 0.717) is 12.0 Å². The predicted molar refractivity (Wildman–Crippen MR) is 51.7 cm³/mol. The van der Waals surface area contributed by atoms with Crippen LogP contribution in [0.3, 0.4) is 0 Å². The molecule has 0 saturated carbocycles. The van der Waals surface area contributed by atoms with Crippen LogP contribution < -0.4 is 0 Å². The number of carbonyl (C=O) groups excluding carboxylic acids is 1. The average molecular weight is 244 g/mol. The van der Waals surface area contributed by atoms with Crippen molar-refractivity contribution in [2.24, 2.45) is 0 Å². The van der Waals surface area contributed by atoms with Crippen LogP contribution in [-0.2, 0) is 6.42 Å². The van der Waals surface area contributed by atoms with Crippen molar-refractivity contribution in [2.45, 2.75) is 19.0 Å². The molecule has 0 N–H and O–H groups in total. The van der Waals surface area contributed by atoms with Crippen molar-refractivity contribution in [2.75, 3.05) is 0 Å². The average Bonchev–Trinajstić information content (AvgIpc) is 2.13. The summed E-state index contributed by atoms with van der Waals surface area (Å²) in [5.74, 6) is -0.722. The number of alkyl halides is 1. The summed E-state index contributed by atoms with van der Waals surface area (Å²) in [6, 6.07) is 5.20. The molecule has 0 spiro atoms. The Morgan fingerprint density at radius 1 is 1.62 bits per heavy atom. The molecule has 1 nitrogen and oxygen atoms in total. The molecule has 2 rings (SSSR count). The molecule has 1 unspecified atom stereocenters. The minimum absolute atomic E-state index is 0.0412. The van der Waals surface area contributed by atoms with Gasteiger partial charge in [-0.15, -0.1) is 0 Å². The van der Waals surface area contributed by atoms with E-state index in [1.165, 1.54) is 0 Å². The van der Waals surface area contributed by atoms with Gasteiger partial charge in [-0.05, 0) is 30.5 Å². The fourth-order valence-corrected chi connectivity index (χ4v) is 1.84. The third-order valence-electron chi connectivity index (χ3n) is 2.18. The standard InChI is InChI=1S/C10H8BrFO/c11-7-3-1-6-2-4-9(12)10(13)8(6)5-7/h1,3,5,9H,2,4H2/i9D. The topological polar surface area (TPSA) is 17.1 Å². The molecule has 0 amide bonds. The van der Waals surface area contributed by atoms with Gasteiger partial charge in [-0.3, -0.25) is 4.79 Å². The molecule has 0 fully saturated rings. The van der Waals surface area contributed by atoms with Gasteiger partial charge in [0.25, 0.3) is 0 Å². The third kappa shape index (κ3) is 1.53. The summed E-state index contributed by atoms with van der Waals surface area (Å²) in [4.78, 5) is 11.5. The number of carbonyl (C=O) groups is 1.